The molecule has 4 rings (SSSR count). The van der Waals surface area contributed by atoms with Gasteiger partial charge in [0.15, 0.2) is 11.5 Å². The van der Waals surface area contributed by atoms with E-state index in [1.807, 2.05) is 4.90 Å². The fraction of sp³-hybridized carbons (Fsp3) is 0.312. The Hall–Kier alpha value is -2.63. The van der Waals surface area contributed by atoms with Crippen LogP contribution < -0.4 is 9.47 Å². The van der Waals surface area contributed by atoms with E-state index in [0.717, 1.165) is 25.1 Å². The van der Waals surface area contributed by atoms with Gasteiger partial charge in [0.1, 0.15) is 0 Å². The molecule has 0 saturated carbocycles. The maximum absolute atomic E-state index is 12.8. The second-order valence-corrected chi connectivity index (χ2v) is 5.35. The molecule has 1 fully saturated rings. The highest BCUT2D eigenvalue weighted by Gasteiger charge is 2.32. The molecule has 0 radical (unpaired) electrons. The molecule has 1 saturated heterocycles. The smallest absolute Gasteiger partial charge is 0.254 e. The summed E-state index contributed by atoms with van der Waals surface area (Å²) in [5.74, 6) is 1.30. The summed E-state index contributed by atoms with van der Waals surface area (Å²) in [7, 11) is 0. The molecule has 0 unspecified atom stereocenters. The van der Waals surface area contributed by atoms with Gasteiger partial charge in [-0.2, -0.15) is 0 Å². The molecule has 6 nitrogen and oxygen atoms in total. The molecule has 0 bridgehead atoms. The van der Waals surface area contributed by atoms with Crippen LogP contribution in [0.1, 0.15) is 34.9 Å². The second-order valence-electron chi connectivity index (χ2n) is 5.35. The Morgan fingerprint density at radius 3 is 3.00 bits per heavy atom. The zero-order valence-electron chi connectivity index (χ0n) is 11.9. The maximum atomic E-state index is 12.8. The summed E-state index contributed by atoms with van der Waals surface area (Å²) in [6.07, 6.45) is 6.92. The number of likely N-dealkylation sites (tertiary alicyclic amines) is 1. The first-order chi connectivity index (χ1) is 10.8. The molecule has 1 atom stereocenters. The summed E-state index contributed by atoms with van der Waals surface area (Å²) in [4.78, 5) is 23.1. The van der Waals surface area contributed by atoms with E-state index in [1.165, 1.54) is 0 Å². The Kier molecular flexibility index (Phi) is 3.14. The van der Waals surface area contributed by atoms with Crippen molar-refractivity contribution in [2.24, 2.45) is 0 Å². The predicted molar refractivity (Wildman–Crippen MR) is 77.6 cm³/mol. The third-order valence-electron chi connectivity index (χ3n) is 4.06. The molecule has 22 heavy (non-hydrogen) atoms. The molecule has 0 aliphatic carbocycles. The van der Waals surface area contributed by atoms with E-state index in [9.17, 15) is 4.79 Å². The van der Waals surface area contributed by atoms with Gasteiger partial charge in [0.2, 0.25) is 6.79 Å². The molecule has 112 valence electrons. The molecular formula is C16H15N3O3. The van der Waals surface area contributed by atoms with E-state index in [4.69, 9.17) is 9.47 Å². The minimum Gasteiger partial charge on any atom is -0.454 e. The van der Waals surface area contributed by atoms with Crippen molar-refractivity contribution in [2.45, 2.75) is 18.9 Å². The number of benzene rings is 1. The van der Waals surface area contributed by atoms with Crippen molar-refractivity contribution >= 4 is 5.91 Å². The average molecular weight is 297 g/mol. The van der Waals surface area contributed by atoms with E-state index in [-0.39, 0.29) is 18.7 Å². The summed E-state index contributed by atoms with van der Waals surface area (Å²) in [5.41, 5.74) is 1.45. The molecule has 2 aliphatic heterocycles. The Balaban J connectivity index is 1.62. The van der Waals surface area contributed by atoms with Crippen LogP contribution in [0.25, 0.3) is 0 Å². The van der Waals surface area contributed by atoms with Gasteiger partial charge in [-0.25, -0.2) is 0 Å². The molecule has 2 aliphatic rings. The minimum atomic E-state index is -0.00791. The Morgan fingerprint density at radius 2 is 2.14 bits per heavy atom. The van der Waals surface area contributed by atoms with Crippen molar-refractivity contribution < 1.29 is 14.3 Å². The number of rotatable bonds is 2. The molecule has 2 aromatic rings. The number of aromatic nitrogens is 2. The van der Waals surface area contributed by atoms with Gasteiger partial charge in [-0.15, -0.1) is 0 Å². The van der Waals surface area contributed by atoms with Crippen LogP contribution in [0.2, 0.25) is 0 Å². The number of carbonyl (C=O) groups is 1. The lowest BCUT2D eigenvalue weighted by Crippen LogP contribution is -2.31. The van der Waals surface area contributed by atoms with E-state index in [0.29, 0.717) is 17.1 Å². The highest BCUT2D eigenvalue weighted by atomic mass is 16.7. The maximum Gasteiger partial charge on any atom is 0.254 e. The van der Waals surface area contributed by atoms with Crippen molar-refractivity contribution in [3.05, 3.63) is 48.0 Å². The summed E-state index contributed by atoms with van der Waals surface area (Å²) in [6.45, 7) is 0.938. The summed E-state index contributed by atoms with van der Waals surface area (Å²) < 4.78 is 10.6. The summed E-state index contributed by atoms with van der Waals surface area (Å²) in [5, 5.41) is 0. The number of hydrogen-bond acceptors (Lipinski definition) is 5. The Bertz CT molecular complexity index is 705. The number of nitrogens with zero attached hydrogens (tertiary/aromatic N) is 3. The van der Waals surface area contributed by atoms with Gasteiger partial charge in [0.25, 0.3) is 5.91 Å². The monoisotopic (exact) mass is 297 g/mol. The van der Waals surface area contributed by atoms with E-state index >= 15 is 0 Å². The summed E-state index contributed by atoms with van der Waals surface area (Å²) >= 11 is 0. The molecule has 0 spiro atoms. The van der Waals surface area contributed by atoms with Gasteiger partial charge in [-0.3, -0.25) is 14.8 Å². The molecule has 0 N–H and O–H groups in total. The van der Waals surface area contributed by atoms with Gasteiger partial charge in [-0.1, -0.05) is 0 Å². The first-order valence-electron chi connectivity index (χ1n) is 7.29. The third kappa shape index (κ3) is 2.16. The molecule has 1 amide bonds. The van der Waals surface area contributed by atoms with Crippen molar-refractivity contribution in [1.29, 1.82) is 0 Å². The fourth-order valence-corrected chi connectivity index (χ4v) is 3.00. The Labute approximate surface area is 127 Å². The zero-order valence-corrected chi connectivity index (χ0v) is 11.9. The SMILES string of the molecule is O=C(c1ccc2c(c1)OCO2)N1CCC[C@H]1c1cnccn1. The number of carbonyl (C=O) groups excluding carboxylic acids is 1. The first kappa shape index (κ1) is 13.1. The second kappa shape index (κ2) is 5.29. The van der Waals surface area contributed by atoms with Gasteiger partial charge < -0.3 is 14.4 Å². The van der Waals surface area contributed by atoms with Gasteiger partial charge in [0.05, 0.1) is 17.9 Å². The highest BCUT2D eigenvalue weighted by molar-refractivity contribution is 5.95. The van der Waals surface area contributed by atoms with Crippen LogP contribution in [-0.2, 0) is 0 Å². The van der Waals surface area contributed by atoms with Crippen LogP contribution in [0.4, 0.5) is 0 Å². The van der Waals surface area contributed by atoms with Crippen LogP contribution in [0.15, 0.2) is 36.8 Å². The van der Waals surface area contributed by atoms with Crippen molar-refractivity contribution in [1.82, 2.24) is 14.9 Å². The summed E-state index contributed by atoms with van der Waals surface area (Å²) in [6, 6.07) is 5.30. The normalized spacial score (nSPS) is 19.5. The lowest BCUT2D eigenvalue weighted by molar-refractivity contribution is 0.0732. The number of fused-ring (bicyclic) bond motifs is 1. The highest BCUT2D eigenvalue weighted by Crippen LogP contribution is 2.35. The molecule has 6 heteroatoms. The Morgan fingerprint density at radius 1 is 1.23 bits per heavy atom. The van der Waals surface area contributed by atoms with Gasteiger partial charge in [0, 0.05) is 24.5 Å². The topological polar surface area (TPSA) is 64.6 Å². The van der Waals surface area contributed by atoms with Crippen LogP contribution >= 0.6 is 0 Å². The molecular weight excluding hydrogens is 282 g/mol. The number of ether oxygens (including phenoxy) is 2. The first-order valence-corrected chi connectivity index (χ1v) is 7.29. The molecule has 1 aromatic heterocycles. The fourth-order valence-electron chi connectivity index (χ4n) is 3.00. The minimum absolute atomic E-state index is 0.00776. The lowest BCUT2D eigenvalue weighted by atomic mass is 10.1. The van der Waals surface area contributed by atoms with Crippen LogP contribution in [0.5, 0.6) is 11.5 Å². The predicted octanol–water partition coefficient (Wildman–Crippen LogP) is 2.18. The van der Waals surface area contributed by atoms with Crippen LogP contribution in [0, 0.1) is 0 Å². The van der Waals surface area contributed by atoms with E-state index < -0.39 is 0 Å². The van der Waals surface area contributed by atoms with Crippen LogP contribution in [0.3, 0.4) is 0 Å². The van der Waals surface area contributed by atoms with Crippen molar-refractivity contribution in [3.8, 4) is 11.5 Å². The standard InChI is InChI=1S/C16H15N3O3/c20-16(11-3-4-14-15(8-11)22-10-21-14)19-7-1-2-13(19)12-9-17-5-6-18-12/h3-6,8-9,13H,1-2,7,10H2/t13-/m0/s1. The average Bonchev–Trinajstić information content (AvgIpc) is 3.23. The van der Waals surface area contributed by atoms with E-state index in [2.05, 4.69) is 9.97 Å². The number of amides is 1. The van der Waals surface area contributed by atoms with Gasteiger partial charge in [-0.05, 0) is 31.0 Å². The quantitative estimate of drug-likeness (QED) is 0.850. The van der Waals surface area contributed by atoms with Crippen molar-refractivity contribution in [3.63, 3.8) is 0 Å². The van der Waals surface area contributed by atoms with Crippen molar-refractivity contribution in [2.75, 3.05) is 13.3 Å². The zero-order chi connectivity index (χ0) is 14.9. The largest absolute Gasteiger partial charge is 0.454 e. The molecule has 1 aromatic carbocycles. The molecule has 3 heterocycles. The van der Waals surface area contributed by atoms with Crippen LogP contribution in [-0.4, -0.2) is 34.1 Å². The van der Waals surface area contributed by atoms with Gasteiger partial charge >= 0.3 is 0 Å². The number of hydrogen-bond donors (Lipinski definition) is 0. The lowest BCUT2D eigenvalue weighted by Gasteiger charge is -2.24. The third-order valence-corrected chi connectivity index (χ3v) is 4.06. The van der Waals surface area contributed by atoms with E-state index in [1.54, 1.807) is 36.8 Å².